The van der Waals surface area contributed by atoms with Crippen molar-refractivity contribution in [2.45, 2.75) is 32.9 Å². The molecule has 0 saturated carbocycles. The van der Waals surface area contributed by atoms with Crippen molar-refractivity contribution in [2.24, 2.45) is 0 Å². The van der Waals surface area contributed by atoms with Gasteiger partial charge in [-0.3, -0.25) is 9.59 Å². The lowest BCUT2D eigenvalue weighted by atomic mass is 10.3. The second kappa shape index (κ2) is 6.58. The van der Waals surface area contributed by atoms with E-state index in [-0.39, 0.29) is 37.5 Å². The van der Waals surface area contributed by atoms with E-state index in [1.54, 1.807) is 0 Å². The third-order valence-electron chi connectivity index (χ3n) is 1.89. The molecule has 100 valence electrons. The number of anilines is 1. The highest BCUT2D eigenvalue weighted by Gasteiger charge is 2.08. The van der Waals surface area contributed by atoms with Gasteiger partial charge in [-0.1, -0.05) is 0 Å². The molecule has 3 N–H and O–H groups in total. The first-order chi connectivity index (χ1) is 8.47. The number of carbonyl (C=O) groups is 2. The lowest BCUT2D eigenvalue weighted by molar-refractivity contribution is -0.145. The van der Waals surface area contributed by atoms with Crippen molar-refractivity contribution in [3.63, 3.8) is 0 Å². The van der Waals surface area contributed by atoms with Crippen LogP contribution in [0, 0.1) is 0 Å². The van der Waals surface area contributed by atoms with Crippen molar-refractivity contribution in [1.29, 1.82) is 0 Å². The van der Waals surface area contributed by atoms with E-state index in [0.29, 0.717) is 0 Å². The largest absolute Gasteiger partial charge is 0.464 e. The van der Waals surface area contributed by atoms with Gasteiger partial charge in [0.05, 0.1) is 6.42 Å². The molecule has 0 bridgehead atoms. The zero-order chi connectivity index (χ0) is 13.5. The highest BCUT2D eigenvalue weighted by molar-refractivity contribution is 5.76. The molecule has 1 rings (SSSR count). The number of carbonyl (C=O) groups excluding carboxylic acids is 2. The van der Waals surface area contributed by atoms with Gasteiger partial charge < -0.3 is 15.8 Å². The predicted molar refractivity (Wildman–Crippen MR) is 63.3 cm³/mol. The summed E-state index contributed by atoms with van der Waals surface area (Å²) in [7, 11) is 0. The number of rotatable bonds is 6. The lowest BCUT2D eigenvalue weighted by Crippen LogP contribution is -2.31. The standard InChI is InChI=1S/C10H17N5O3/c1-7(2)13-8(16)3-4-18-9(17)5-15-6-12-10(11)14-15/h6-7H,3-5H2,1-2H3,(H2,11,14)(H,13,16). The van der Waals surface area contributed by atoms with Crippen LogP contribution in [0.5, 0.6) is 0 Å². The van der Waals surface area contributed by atoms with Gasteiger partial charge in [0.25, 0.3) is 0 Å². The van der Waals surface area contributed by atoms with Gasteiger partial charge >= 0.3 is 5.97 Å². The van der Waals surface area contributed by atoms with Crippen LogP contribution >= 0.6 is 0 Å². The lowest BCUT2D eigenvalue weighted by Gasteiger charge is -2.08. The topological polar surface area (TPSA) is 112 Å². The van der Waals surface area contributed by atoms with Crippen LogP contribution < -0.4 is 11.1 Å². The van der Waals surface area contributed by atoms with Gasteiger partial charge in [-0.2, -0.15) is 0 Å². The van der Waals surface area contributed by atoms with Gasteiger partial charge in [0.15, 0.2) is 0 Å². The van der Waals surface area contributed by atoms with Crippen LogP contribution in [0.25, 0.3) is 0 Å². The van der Waals surface area contributed by atoms with Crippen LogP contribution in [0.15, 0.2) is 6.33 Å². The molecule has 1 aromatic rings. The zero-order valence-corrected chi connectivity index (χ0v) is 10.4. The van der Waals surface area contributed by atoms with E-state index in [4.69, 9.17) is 10.5 Å². The molecule has 0 unspecified atom stereocenters. The number of nitrogens with two attached hydrogens (primary N) is 1. The van der Waals surface area contributed by atoms with E-state index in [2.05, 4.69) is 15.4 Å². The number of esters is 1. The van der Waals surface area contributed by atoms with Crippen molar-refractivity contribution in [3.8, 4) is 0 Å². The predicted octanol–water partition coefficient (Wildman–Crippen LogP) is -0.682. The van der Waals surface area contributed by atoms with Gasteiger partial charge in [-0.25, -0.2) is 9.67 Å². The van der Waals surface area contributed by atoms with Crippen LogP contribution in [-0.2, 0) is 20.9 Å². The quantitative estimate of drug-likeness (QED) is 0.651. The van der Waals surface area contributed by atoms with Gasteiger partial charge in [0, 0.05) is 6.04 Å². The van der Waals surface area contributed by atoms with Crippen LogP contribution in [0.2, 0.25) is 0 Å². The normalized spacial score (nSPS) is 10.4. The molecule has 0 radical (unpaired) electrons. The zero-order valence-electron chi connectivity index (χ0n) is 10.4. The average molecular weight is 255 g/mol. The smallest absolute Gasteiger partial charge is 0.327 e. The highest BCUT2D eigenvalue weighted by atomic mass is 16.5. The molecule has 0 aliphatic heterocycles. The molecule has 8 heteroatoms. The Labute approximate surface area is 105 Å². The number of aromatic nitrogens is 3. The molecule has 8 nitrogen and oxygen atoms in total. The molecule has 0 aliphatic rings. The minimum absolute atomic E-state index is 0.0432. The molecule has 0 fully saturated rings. The Morgan fingerprint density at radius 1 is 1.56 bits per heavy atom. The summed E-state index contributed by atoms with van der Waals surface area (Å²) in [6, 6.07) is 0.0753. The Hall–Kier alpha value is -2.12. The van der Waals surface area contributed by atoms with Crippen LogP contribution in [0.4, 0.5) is 5.95 Å². The van der Waals surface area contributed by atoms with Crippen LogP contribution in [0.1, 0.15) is 20.3 Å². The van der Waals surface area contributed by atoms with E-state index in [0.717, 1.165) is 0 Å². The van der Waals surface area contributed by atoms with E-state index in [1.165, 1.54) is 11.0 Å². The fourth-order valence-electron chi connectivity index (χ4n) is 1.21. The number of amides is 1. The molecule has 18 heavy (non-hydrogen) atoms. The molecule has 0 saturated heterocycles. The number of ether oxygens (including phenoxy) is 1. The SMILES string of the molecule is CC(C)NC(=O)CCOC(=O)Cn1cnc(N)n1. The van der Waals surface area contributed by atoms with Gasteiger partial charge in [-0.15, -0.1) is 5.10 Å². The summed E-state index contributed by atoms with van der Waals surface area (Å²) in [4.78, 5) is 26.3. The first-order valence-corrected chi connectivity index (χ1v) is 5.57. The fraction of sp³-hybridized carbons (Fsp3) is 0.600. The van der Waals surface area contributed by atoms with E-state index < -0.39 is 5.97 Å². The van der Waals surface area contributed by atoms with Crippen molar-refractivity contribution >= 4 is 17.8 Å². The summed E-state index contributed by atoms with van der Waals surface area (Å²) in [5, 5.41) is 6.43. The van der Waals surface area contributed by atoms with Gasteiger partial charge in [-0.05, 0) is 13.8 Å². The number of hydrogen-bond acceptors (Lipinski definition) is 6. The monoisotopic (exact) mass is 255 g/mol. The Kier molecular flexibility index (Phi) is 5.09. The third-order valence-corrected chi connectivity index (χ3v) is 1.89. The van der Waals surface area contributed by atoms with Crippen molar-refractivity contribution < 1.29 is 14.3 Å². The summed E-state index contributed by atoms with van der Waals surface area (Å²) in [6.07, 6.45) is 1.48. The summed E-state index contributed by atoms with van der Waals surface area (Å²) < 4.78 is 6.15. The molecular weight excluding hydrogens is 238 g/mol. The fourth-order valence-corrected chi connectivity index (χ4v) is 1.21. The van der Waals surface area contributed by atoms with Crippen LogP contribution in [0.3, 0.4) is 0 Å². The Bertz CT molecular complexity index is 415. The molecule has 0 atom stereocenters. The van der Waals surface area contributed by atoms with Gasteiger partial charge in [0.1, 0.15) is 19.5 Å². The Morgan fingerprint density at radius 2 is 2.28 bits per heavy atom. The molecule has 1 aromatic heterocycles. The first kappa shape index (κ1) is 13.9. The first-order valence-electron chi connectivity index (χ1n) is 5.57. The maximum Gasteiger partial charge on any atom is 0.327 e. The maximum atomic E-state index is 11.3. The highest BCUT2D eigenvalue weighted by Crippen LogP contribution is 1.92. The average Bonchev–Trinajstić information content (AvgIpc) is 2.62. The second-order valence-electron chi connectivity index (χ2n) is 3.99. The number of nitrogens with zero attached hydrogens (tertiary/aromatic N) is 3. The summed E-state index contributed by atoms with van der Waals surface area (Å²) in [5.74, 6) is -0.542. The molecule has 0 aliphatic carbocycles. The number of nitrogens with one attached hydrogen (secondary N) is 1. The molecule has 1 heterocycles. The minimum Gasteiger partial charge on any atom is -0.464 e. The van der Waals surface area contributed by atoms with Crippen molar-refractivity contribution in [3.05, 3.63) is 6.33 Å². The van der Waals surface area contributed by atoms with E-state index >= 15 is 0 Å². The Balaban J connectivity index is 2.19. The third kappa shape index (κ3) is 5.28. The van der Waals surface area contributed by atoms with Crippen molar-refractivity contribution in [2.75, 3.05) is 12.3 Å². The summed E-state index contributed by atoms with van der Waals surface area (Å²) >= 11 is 0. The van der Waals surface area contributed by atoms with Crippen molar-refractivity contribution in [1.82, 2.24) is 20.1 Å². The minimum atomic E-state index is -0.489. The Morgan fingerprint density at radius 3 is 2.83 bits per heavy atom. The molecular formula is C10H17N5O3. The van der Waals surface area contributed by atoms with Gasteiger partial charge in [0.2, 0.25) is 11.9 Å². The number of hydrogen-bond donors (Lipinski definition) is 2. The summed E-state index contributed by atoms with van der Waals surface area (Å²) in [6.45, 7) is 3.69. The van der Waals surface area contributed by atoms with E-state index in [1.807, 2.05) is 13.8 Å². The molecule has 0 spiro atoms. The number of nitrogen functional groups attached to an aromatic ring is 1. The van der Waals surface area contributed by atoms with Crippen LogP contribution in [-0.4, -0.2) is 39.3 Å². The maximum absolute atomic E-state index is 11.3. The molecule has 0 aromatic carbocycles. The summed E-state index contributed by atoms with van der Waals surface area (Å²) in [5.41, 5.74) is 5.29. The molecule has 1 amide bonds. The second-order valence-corrected chi connectivity index (χ2v) is 3.99. The van der Waals surface area contributed by atoms with E-state index in [9.17, 15) is 9.59 Å².